The molecule has 0 unspecified atom stereocenters. The molecule has 1 aromatic rings. The number of guanidine groups is 1. The molecular weight excluding hydrogens is 312 g/mol. The zero-order valence-electron chi connectivity index (χ0n) is 14.7. The first-order chi connectivity index (χ1) is 10.8. The second-order valence-corrected chi connectivity index (χ2v) is 7.54. The summed E-state index contributed by atoms with van der Waals surface area (Å²) in [6.45, 7) is 5.90. The van der Waals surface area contributed by atoms with Crippen molar-refractivity contribution < 1.29 is 9.21 Å². The number of likely N-dealkylation sites (N-methyl/N-ethyl adjacent to an activating group) is 1. The lowest BCUT2D eigenvalue weighted by molar-refractivity contribution is -0.127. The average molecular weight is 340 g/mol. The first-order valence-electron chi connectivity index (χ1n) is 7.64. The number of nitrogens with zero attached hydrogens (tertiary/aromatic N) is 2. The highest BCUT2D eigenvalue weighted by atomic mass is 32.2. The molecule has 7 heteroatoms. The van der Waals surface area contributed by atoms with E-state index >= 15 is 0 Å². The van der Waals surface area contributed by atoms with Gasteiger partial charge in [0.15, 0.2) is 5.96 Å². The second-order valence-electron chi connectivity index (χ2n) is 6.03. The van der Waals surface area contributed by atoms with Gasteiger partial charge >= 0.3 is 0 Å². The minimum atomic E-state index is -0.0266. The molecule has 0 spiro atoms. The van der Waals surface area contributed by atoms with Crippen molar-refractivity contribution in [3.05, 3.63) is 24.2 Å². The predicted molar refractivity (Wildman–Crippen MR) is 97.0 cm³/mol. The number of thioether (sulfide) groups is 1. The van der Waals surface area contributed by atoms with Crippen molar-refractivity contribution in [2.45, 2.75) is 25.0 Å². The van der Waals surface area contributed by atoms with E-state index < -0.39 is 0 Å². The summed E-state index contributed by atoms with van der Waals surface area (Å²) in [6, 6.07) is 3.82. The largest absolute Gasteiger partial charge is 0.469 e. The third kappa shape index (κ3) is 7.97. The minimum Gasteiger partial charge on any atom is -0.469 e. The van der Waals surface area contributed by atoms with E-state index in [1.807, 2.05) is 12.1 Å². The number of rotatable bonds is 8. The van der Waals surface area contributed by atoms with Crippen LogP contribution in [0.5, 0.6) is 0 Å². The minimum absolute atomic E-state index is 0.0266. The lowest BCUT2D eigenvalue weighted by atomic mass is 10.2. The SMILES string of the molecule is CSC(C)(C)CNC(=NCC(=O)N(C)C)NCCc1ccco1. The Morgan fingerprint density at radius 2 is 2.13 bits per heavy atom. The highest BCUT2D eigenvalue weighted by molar-refractivity contribution is 7.99. The summed E-state index contributed by atoms with van der Waals surface area (Å²) >= 11 is 1.78. The first kappa shape index (κ1) is 19.4. The molecule has 0 atom stereocenters. The molecule has 0 radical (unpaired) electrons. The number of hydrogen-bond donors (Lipinski definition) is 2. The molecule has 0 fully saturated rings. The summed E-state index contributed by atoms with van der Waals surface area (Å²) in [5, 5.41) is 6.55. The van der Waals surface area contributed by atoms with Gasteiger partial charge in [-0.3, -0.25) is 4.79 Å². The van der Waals surface area contributed by atoms with Crippen LogP contribution in [0, 0.1) is 0 Å². The zero-order chi connectivity index (χ0) is 17.3. The Hall–Kier alpha value is -1.63. The number of carbonyl (C=O) groups excluding carboxylic acids is 1. The Morgan fingerprint density at radius 1 is 1.39 bits per heavy atom. The molecular formula is C16H28N4O2S. The Bertz CT molecular complexity index is 498. The molecule has 0 aliphatic carbocycles. The van der Waals surface area contributed by atoms with Gasteiger partial charge in [0.2, 0.25) is 5.91 Å². The summed E-state index contributed by atoms with van der Waals surface area (Å²) in [5.41, 5.74) is 0. The lowest BCUT2D eigenvalue weighted by Crippen LogP contribution is -2.44. The van der Waals surface area contributed by atoms with Gasteiger partial charge in [-0.1, -0.05) is 0 Å². The smallest absolute Gasteiger partial charge is 0.243 e. The van der Waals surface area contributed by atoms with E-state index in [4.69, 9.17) is 4.42 Å². The Balaban J connectivity index is 2.55. The molecule has 6 nitrogen and oxygen atoms in total. The van der Waals surface area contributed by atoms with Crippen LogP contribution in [0.4, 0.5) is 0 Å². The molecule has 0 bridgehead atoms. The van der Waals surface area contributed by atoms with Gasteiger partial charge in [0, 0.05) is 38.4 Å². The van der Waals surface area contributed by atoms with Crippen LogP contribution in [0.25, 0.3) is 0 Å². The molecule has 0 saturated carbocycles. The fourth-order valence-electron chi connectivity index (χ4n) is 1.59. The van der Waals surface area contributed by atoms with Crippen LogP contribution in [0.1, 0.15) is 19.6 Å². The maximum Gasteiger partial charge on any atom is 0.243 e. The topological polar surface area (TPSA) is 69.9 Å². The molecule has 1 heterocycles. The number of amides is 1. The van der Waals surface area contributed by atoms with Crippen molar-refractivity contribution in [1.82, 2.24) is 15.5 Å². The van der Waals surface area contributed by atoms with Crippen LogP contribution in [-0.2, 0) is 11.2 Å². The number of hydrogen-bond acceptors (Lipinski definition) is 4. The Morgan fingerprint density at radius 3 is 2.70 bits per heavy atom. The molecule has 1 amide bonds. The van der Waals surface area contributed by atoms with Gasteiger partial charge in [0.1, 0.15) is 12.3 Å². The molecule has 0 aliphatic rings. The van der Waals surface area contributed by atoms with E-state index in [0.717, 1.165) is 18.7 Å². The highest BCUT2D eigenvalue weighted by Crippen LogP contribution is 2.19. The van der Waals surface area contributed by atoms with E-state index in [1.165, 1.54) is 4.90 Å². The molecule has 0 aromatic carbocycles. The van der Waals surface area contributed by atoms with Gasteiger partial charge in [0.25, 0.3) is 0 Å². The molecule has 0 aliphatic heterocycles. The molecule has 1 rings (SSSR count). The summed E-state index contributed by atoms with van der Waals surface area (Å²) in [6.07, 6.45) is 4.51. The number of carbonyl (C=O) groups is 1. The van der Waals surface area contributed by atoms with Crippen molar-refractivity contribution in [2.75, 3.05) is 40.0 Å². The van der Waals surface area contributed by atoms with Crippen LogP contribution in [0.3, 0.4) is 0 Å². The monoisotopic (exact) mass is 340 g/mol. The fraction of sp³-hybridized carbons (Fsp3) is 0.625. The van der Waals surface area contributed by atoms with Gasteiger partial charge < -0.3 is 20.0 Å². The molecule has 23 heavy (non-hydrogen) atoms. The normalized spacial score (nSPS) is 12.1. The quantitative estimate of drug-likeness (QED) is 0.555. The maximum absolute atomic E-state index is 11.7. The van der Waals surface area contributed by atoms with E-state index in [2.05, 4.69) is 35.7 Å². The predicted octanol–water partition coefficient (Wildman–Crippen LogP) is 1.59. The molecule has 1 aromatic heterocycles. The summed E-state index contributed by atoms with van der Waals surface area (Å²) < 4.78 is 5.40. The fourth-order valence-corrected chi connectivity index (χ4v) is 1.81. The standard InChI is InChI=1S/C16H28N4O2S/c1-16(2,23-5)12-19-15(18-11-14(21)20(3)4)17-9-8-13-7-6-10-22-13/h6-7,10H,8-9,11-12H2,1-5H3,(H2,17,18,19). The van der Waals surface area contributed by atoms with E-state index in [9.17, 15) is 4.79 Å². The third-order valence-electron chi connectivity index (χ3n) is 3.35. The summed E-state index contributed by atoms with van der Waals surface area (Å²) in [7, 11) is 3.46. The molecule has 2 N–H and O–H groups in total. The second kappa shape index (κ2) is 9.50. The Labute approximate surface area is 143 Å². The van der Waals surface area contributed by atoms with Crippen molar-refractivity contribution in [3.8, 4) is 0 Å². The number of aliphatic imine (C=N–C) groups is 1. The van der Waals surface area contributed by atoms with Gasteiger partial charge in [-0.15, -0.1) is 0 Å². The van der Waals surface area contributed by atoms with Crippen molar-refractivity contribution in [3.63, 3.8) is 0 Å². The van der Waals surface area contributed by atoms with Crippen LogP contribution in [0.2, 0.25) is 0 Å². The Kier molecular flexibility index (Phi) is 8.02. The maximum atomic E-state index is 11.7. The van der Waals surface area contributed by atoms with Crippen LogP contribution in [-0.4, -0.2) is 61.5 Å². The molecule has 130 valence electrons. The van der Waals surface area contributed by atoms with Crippen LogP contribution >= 0.6 is 11.8 Å². The van der Waals surface area contributed by atoms with Crippen molar-refractivity contribution in [2.24, 2.45) is 4.99 Å². The van der Waals surface area contributed by atoms with Crippen LogP contribution in [0.15, 0.2) is 27.8 Å². The first-order valence-corrected chi connectivity index (χ1v) is 8.86. The summed E-state index contributed by atoms with van der Waals surface area (Å²) in [5.74, 6) is 1.54. The van der Waals surface area contributed by atoms with Crippen molar-refractivity contribution in [1.29, 1.82) is 0 Å². The third-order valence-corrected chi connectivity index (χ3v) is 4.60. The van der Waals surface area contributed by atoms with Gasteiger partial charge in [-0.25, -0.2) is 4.99 Å². The van der Waals surface area contributed by atoms with Crippen molar-refractivity contribution >= 4 is 23.6 Å². The van der Waals surface area contributed by atoms with E-state index in [-0.39, 0.29) is 17.2 Å². The van der Waals surface area contributed by atoms with Gasteiger partial charge in [0.05, 0.1) is 6.26 Å². The summed E-state index contributed by atoms with van der Waals surface area (Å²) in [4.78, 5) is 17.6. The van der Waals surface area contributed by atoms with Gasteiger partial charge in [-0.2, -0.15) is 11.8 Å². The van der Waals surface area contributed by atoms with Crippen LogP contribution < -0.4 is 10.6 Å². The zero-order valence-corrected chi connectivity index (χ0v) is 15.5. The van der Waals surface area contributed by atoms with E-state index in [1.54, 1.807) is 32.1 Å². The average Bonchev–Trinajstić information content (AvgIpc) is 3.02. The number of nitrogens with one attached hydrogen (secondary N) is 2. The van der Waals surface area contributed by atoms with E-state index in [0.29, 0.717) is 12.5 Å². The highest BCUT2D eigenvalue weighted by Gasteiger charge is 2.16. The molecule has 0 saturated heterocycles. The lowest BCUT2D eigenvalue weighted by Gasteiger charge is -2.24. The van der Waals surface area contributed by atoms with Gasteiger partial charge in [-0.05, 0) is 32.2 Å². The number of furan rings is 1.